The molecule has 2 rings (SSSR count). The van der Waals surface area contributed by atoms with Gasteiger partial charge in [0.25, 0.3) is 0 Å². The van der Waals surface area contributed by atoms with Crippen molar-refractivity contribution >= 4 is 11.8 Å². The molecule has 2 nitrogen and oxygen atoms in total. The lowest BCUT2D eigenvalue weighted by molar-refractivity contribution is 0.0453. The summed E-state index contributed by atoms with van der Waals surface area (Å²) in [5.74, 6) is -0.168. The van der Waals surface area contributed by atoms with Gasteiger partial charge in [0.1, 0.15) is 5.82 Å². The minimum Gasteiger partial charge on any atom is -0.389 e. The number of hydrogen-bond donors (Lipinski definition) is 2. The third-order valence-corrected chi connectivity index (χ3v) is 4.72. The Hall–Kier alpha value is -0.580. The van der Waals surface area contributed by atoms with E-state index < -0.39 is 5.60 Å². The standard InChI is InChI=1S/C15H22FNOS/c1-11(17-10-15(18)7-3-4-8-15)12-5-6-14(19-2)13(16)9-12/h5-6,9,11,17-18H,3-4,7-8,10H2,1-2H3. The Bertz CT molecular complexity index is 432. The van der Waals surface area contributed by atoms with Crippen molar-refractivity contribution in [3.05, 3.63) is 29.6 Å². The SMILES string of the molecule is CSc1ccc(C(C)NCC2(O)CCCC2)cc1F. The molecule has 1 aliphatic carbocycles. The quantitative estimate of drug-likeness (QED) is 0.811. The van der Waals surface area contributed by atoms with Crippen LogP contribution >= 0.6 is 11.8 Å². The van der Waals surface area contributed by atoms with Crippen molar-refractivity contribution < 1.29 is 9.50 Å². The second kappa shape index (κ2) is 6.25. The molecule has 0 aliphatic heterocycles. The minimum absolute atomic E-state index is 0.0510. The van der Waals surface area contributed by atoms with Gasteiger partial charge in [0.2, 0.25) is 0 Å². The highest BCUT2D eigenvalue weighted by Crippen LogP contribution is 2.29. The fourth-order valence-electron chi connectivity index (χ4n) is 2.62. The van der Waals surface area contributed by atoms with Gasteiger partial charge < -0.3 is 10.4 Å². The summed E-state index contributed by atoms with van der Waals surface area (Å²) in [4.78, 5) is 0.672. The lowest BCUT2D eigenvalue weighted by atomic mass is 10.0. The highest BCUT2D eigenvalue weighted by Gasteiger charge is 2.31. The van der Waals surface area contributed by atoms with Crippen molar-refractivity contribution in [2.24, 2.45) is 0 Å². The Balaban J connectivity index is 1.95. The van der Waals surface area contributed by atoms with Crippen LogP contribution in [0.4, 0.5) is 4.39 Å². The Morgan fingerprint density at radius 2 is 2.11 bits per heavy atom. The molecule has 106 valence electrons. The Morgan fingerprint density at radius 1 is 1.42 bits per heavy atom. The fraction of sp³-hybridized carbons (Fsp3) is 0.600. The highest BCUT2D eigenvalue weighted by molar-refractivity contribution is 7.98. The first-order chi connectivity index (χ1) is 9.04. The molecule has 0 radical (unpaired) electrons. The lowest BCUT2D eigenvalue weighted by Gasteiger charge is -2.25. The van der Waals surface area contributed by atoms with Gasteiger partial charge in [-0.3, -0.25) is 0 Å². The van der Waals surface area contributed by atoms with Crippen LogP contribution in [0.5, 0.6) is 0 Å². The Kier molecular flexibility index (Phi) is 4.87. The monoisotopic (exact) mass is 283 g/mol. The summed E-state index contributed by atoms with van der Waals surface area (Å²) < 4.78 is 13.7. The van der Waals surface area contributed by atoms with Gasteiger partial charge in [-0.2, -0.15) is 0 Å². The van der Waals surface area contributed by atoms with Crippen molar-refractivity contribution in [2.75, 3.05) is 12.8 Å². The summed E-state index contributed by atoms with van der Waals surface area (Å²) in [5.41, 5.74) is 0.364. The first-order valence-corrected chi connectivity index (χ1v) is 8.06. The molecule has 0 spiro atoms. The van der Waals surface area contributed by atoms with Gasteiger partial charge in [0.15, 0.2) is 0 Å². The van der Waals surface area contributed by atoms with Gasteiger partial charge in [-0.25, -0.2) is 4.39 Å². The van der Waals surface area contributed by atoms with Crippen LogP contribution < -0.4 is 5.32 Å². The maximum atomic E-state index is 13.7. The molecule has 1 aromatic rings. The zero-order valence-electron chi connectivity index (χ0n) is 11.6. The first-order valence-electron chi connectivity index (χ1n) is 6.83. The molecule has 1 fully saturated rings. The Labute approximate surface area is 118 Å². The number of hydrogen-bond acceptors (Lipinski definition) is 3. The Morgan fingerprint density at radius 3 is 2.68 bits per heavy atom. The number of nitrogens with one attached hydrogen (secondary N) is 1. The van der Waals surface area contributed by atoms with E-state index in [0.29, 0.717) is 11.4 Å². The molecule has 0 heterocycles. The summed E-state index contributed by atoms with van der Waals surface area (Å²) in [5, 5.41) is 13.6. The zero-order valence-corrected chi connectivity index (χ0v) is 12.4. The molecule has 19 heavy (non-hydrogen) atoms. The molecule has 4 heteroatoms. The number of rotatable bonds is 5. The molecule has 1 saturated carbocycles. The molecule has 0 bridgehead atoms. The van der Waals surface area contributed by atoms with Crippen molar-refractivity contribution in [1.82, 2.24) is 5.32 Å². The third-order valence-electron chi connectivity index (χ3n) is 3.95. The van der Waals surface area contributed by atoms with Crippen LogP contribution in [0.3, 0.4) is 0 Å². The lowest BCUT2D eigenvalue weighted by Crippen LogP contribution is -2.39. The molecule has 0 amide bonds. The summed E-state index contributed by atoms with van der Waals surface area (Å²) in [7, 11) is 0. The largest absolute Gasteiger partial charge is 0.389 e. The van der Waals surface area contributed by atoms with Gasteiger partial charge >= 0.3 is 0 Å². The molecule has 1 unspecified atom stereocenters. The molecule has 0 aromatic heterocycles. The van der Waals surface area contributed by atoms with Gasteiger partial charge in [-0.1, -0.05) is 18.9 Å². The zero-order chi connectivity index (χ0) is 13.9. The molecule has 2 N–H and O–H groups in total. The number of benzene rings is 1. The minimum atomic E-state index is -0.563. The average Bonchev–Trinajstić information content (AvgIpc) is 2.83. The van der Waals surface area contributed by atoms with Gasteiger partial charge in [-0.15, -0.1) is 11.8 Å². The van der Waals surface area contributed by atoms with Gasteiger partial charge in [-0.05, 0) is 43.7 Å². The number of aliphatic hydroxyl groups is 1. The van der Waals surface area contributed by atoms with Crippen LogP contribution in [0.15, 0.2) is 23.1 Å². The molecule has 0 saturated heterocycles. The van der Waals surface area contributed by atoms with Gasteiger partial charge in [0, 0.05) is 17.5 Å². The van der Waals surface area contributed by atoms with E-state index in [9.17, 15) is 9.50 Å². The second-order valence-electron chi connectivity index (χ2n) is 5.43. The van der Waals surface area contributed by atoms with E-state index in [4.69, 9.17) is 0 Å². The summed E-state index contributed by atoms with van der Waals surface area (Å²) in [6.45, 7) is 2.59. The molecule has 1 aliphatic rings. The smallest absolute Gasteiger partial charge is 0.137 e. The van der Waals surface area contributed by atoms with Crippen LogP contribution in [0.2, 0.25) is 0 Å². The molecular formula is C15H22FNOS. The van der Waals surface area contributed by atoms with E-state index in [0.717, 1.165) is 31.2 Å². The normalized spacial score (nSPS) is 19.6. The van der Waals surface area contributed by atoms with Gasteiger partial charge in [0.05, 0.1) is 5.60 Å². The number of halogens is 1. The maximum absolute atomic E-state index is 13.7. The maximum Gasteiger partial charge on any atom is 0.137 e. The topological polar surface area (TPSA) is 32.3 Å². The van der Waals surface area contributed by atoms with Crippen molar-refractivity contribution in [3.63, 3.8) is 0 Å². The third kappa shape index (κ3) is 3.71. The summed E-state index contributed by atoms with van der Waals surface area (Å²) in [6.07, 6.45) is 5.81. The van der Waals surface area contributed by atoms with E-state index >= 15 is 0 Å². The molecular weight excluding hydrogens is 261 g/mol. The average molecular weight is 283 g/mol. The van der Waals surface area contributed by atoms with Crippen LogP contribution in [-0.2, 0) is 0 Å². The van der Waals surface area contributed by atoms with Crippen molar-refractivity contribution in [2.45, 2.75) is 49.1 Å². The first kappa shape index (κ1) is 14.8. The summed E-state index contributed by atoms with van der Waals surface area (Å²) in [6, 6.07) is 5.40. The van der Waals surface area contributed by atoms with Crippen LogP contribution in [-0.4, -0.2) is 23.5 Å². The van der Waals surface area contributed by atoms with Crippen molar-refractivity contribution in [3.8, 4) is 0 Å². The van der Waals surface area contributed by atoms with Crippen LogP contribution in [0, 0.1) is 5.82 Å². The predicted octanol–water partition coefficient (Wildman–Crippen LogP) is 3.50. The predicted molar refractivity (Wildman–Crippen MR) is 78.0 cm³/mol. The van der Waals surface area contributed by atoms with Crippen LogP contribution in [0.25, 0.3) is 0 Å². The second-order valence-corrected chi connectivity index (χ2v) is 6.28. The van der Waals surface area contributed by atoms with E-state index in [2.05, 4.69) is 5.32 Å². The number of thioether (sulfide) groups is 1. The van der Waals surface area contributed by atoms with E-state index in [1.165, 1.54) is 11.8 Å². The van der Waals surface area contributed by atoms with Crippen LogP contribution in [0.1, 0.15) is 44.2 Å². The van der Waals surface area contributed by atoms with E-state index in [1.54, 1.807) is 6.07 Å². The molecule has 1 atom stereocenters. The molecule has 1 aromatic carbocycles. The highest BCUT2D eigenvalue weighted by atomic mass is 32.2. The van der Waals surface area contributed by atoms with E-state index in [-0.39, 0.29) is 11.9 Å². The fourth-order valence-corrected chi connectivity index (χ4v) is 3.08. The van der Waals surface area contributed by atoms with Crippen molar-refractivity contribution in [1.29, 1.82) is 0 Å². The summed E-state index contributed by atoms with van der Waals surface area (Å²) >= 11 is 1.41. The van der Waals surface area contributed by atoms with E-state index in [1.807, 2.05) is 25.3 Å².